The van der Waals surface area contributed by atoms with Gasteiger partial charge in [-0.05, 0) is 19.1 Å². The summed E-state index contributed by atoms with van der Waals surface area (Å²) in [6.07, 6.45) is -17.0. The SMILES string of the molecule is CCC(=N)OC1=CC(C(F)(F)F)=NC(c2ccc(C(F)(F)F)cc2C(F)(F)F)N1CC. The van der Waals surface area contributed by atoms with E-state index in [9.17, 15) is 39.5 Å². The monoisotopic (exact) mass is 461 g/mol. The highest BCUT2D eigenvalue weighted by Crippen LogP contribution is 2.43. The average molecular weight is 461 g/mol. The Kier molecular flexibility index (Phi) is 6.67. The van der Waals surface area contributed by atoms with Crippen molar-refractivity contribution in [1.29, 1.82) is 5.41 Å². The molecule has 0 radical (unpaired) electrons. The van der Waals surface area contributed by atoms with Gasteiger partial charge < -0.3 is 9.64 Å². The molecule has 2 rings (SSSR count). The van der Waals surface area contributed by atoms with Crippen LogP contribution in [0.5, 0.6) is 0 Å². The van der Waals surface area contributed by atoms with E-state index in [0.717, 1.165) is 4.90 Å². The van der Waals surface area contributed by atoms with Gasteiger partial charge in [-0.25, -0.2) is 0 Å². The van der Waals surface area contributed by atoms with Crippen LogP contribution in [-0.2, 0) is 17.1 Å². The predicted molar refractivity (Wildman–Crippen MR) is 92.2 cm³/mol. The molecule has 1 heterocycles. The molecule has 31 heavy (non-hydrogen) atoms. The Morgan fingerprint density at radius 2 is 1.61 bits per heavy atom. The first-order valence-corrected chi connectivity index (χ1v) is 8.76. The standard InChI is InChI=1S/C18H16F9N3O/c1-3-13(28)31-14-8-12(18(25,26)27)29-15(30(14)4-2)10-6-5-9(16(19,20)21)7-11(10)17(22,23)24/h5-8,15,28H,3-4H2,1-2H3. The molecule has 0 aliphatic carbocycles. The second-order valence-electron chi connectivity index (χ2n) is 6.33. The second-order valence-corrected chi connectivity index (χ2v) is 6.33. The van der Waals surface area contributed by atoms with Gasteiger partial charge in [-0.2, -0.15) is 39.5 Å². The van der Waals surface area contributed by atoms with E-state index in [0.29, 0.717) is 18.2 Å². The molecular formula is C18H16F9N3O. The molecular weight excluding hydrogens is 445 g/mol. The summed E-state index contributed by atoms with van der Waals surface area (Å²) in [4.78, 5) is 4.23. The van der Waals surface area contributed by atoms with Gasteiger partial charge in [-0.1, -0.05) is 13.0 Å². The minimum absolute atomic E-state index is 0.0217. The maximum atomic E-state index is 13.6. The molecule has 1 unspecified atom stereocenters. The largest absolute Gasteiger partial charge is 0.433 e. The van der Waals surface area contributed by atoms with E-state index in [1.165, 1.54) is 13.8 Å². The van der Waals surface area contributed by atoms with Crippen molar-refractivity contribution in [2.45, 2.75) is 45.0 Å². The Morgan fingerprint density at radius 3 is 2.06 bits per heavy atom. The number of hydrogen-bond acceptors (Lipinski definition) is 4. The van der Waals surface area contributed by atoms with Crippen molar-refractivity contribution in [2.75, 3.05) is 6.54 Å². The van der Waals surface area contributed by atoms with Crippen LogP contribution in [0.2, 0.25) is 0 Å². The summed E-state index contributed by atoms with van der Waals surface area (Å²) in [5.41, 5.74) is -5.89. The molecule has 1 aromatic rings. The number of halogens is 9. The molecule has 0 aromatic heterocycles. The van der Waals surface area contributed by atoms with Gasteiger partial charge in [0.25, 0.3) is 0 Å². The molecule has 0 spiro atoms. The lowest BCUT2D eigenvalue weighted by atomic mass is 9.99. The van der Waals surface area contributed by atoms with Gasteiger partial charge in [-0.3, -0.25) is 10.4 Å². The van der Waals surface area contributed by atoms with Crippen LogP contribution in [0.25, 0.3) is 0 Å². The fraction of sp³-hybridized carbons (Fsp3) is 0.444. The molecule has 13 heteroatoms. The zero-order chi connectivity index (χ0) is 23.8. The van der Waals surface area contributed by atoms with E-state index in [-0.39, 0.29) is 19.0 Å². The second kappa shape index (κ2) is 8.42. The van der Waals surface area contributed by atoms with Gasteiger partial charge in [0.1, 0.15) is 5.71 Å². The maximum Gasteiger partial charge on any atom is 0.433 e. The number of benzene rings is 1. The summed E-state index contributed by atoms with van der Waals surface area (Å²) >= 11 is 0. The van der Waals surface area contributed by atoms with E-state index in [2.05, 4.69) is 4.99 Å². The summed E-state index contributed by atoms with van der Waals surface area (Å²) in [6, 6.07) is 0.623. The molecule has 172 valence electrons. The third-order valence-electron chi connectivity index (χ3n) is 4.24. The molecule has 1 atom stereocenters. The van der Waals surface area contributed by atoms with E-state index in [1.54, 1.807) is 0 Å². The summed E-state index contributed by atoms with van der Waals surface area (Å²) in [5.74, 6) is -1.05. The highest BCUT2D eigenvalue weighted by atomic mass is 19.4. The zero-order valence-electron chi connectivity index (χ0n) is 16.0. The van der Waals surface area contributed by atoms with Crippen molar-refractivity contribution < 1.29 is 44.3 Å². The highest BCUT2D eigenvalue weighted by molar-refractivity contribution is 6.00. The van der Waals surface area contributed by atoms with Crippen LogP contribution in [0, 0.1) is 5.41 Å². The third kappa shape index (κ3) is 5.50. The van der Waals surface area contributed by atoms with E-state index >= 15 is 0 Å². The Balaban J connectivity index is 2.73. The lowest BCUT2D eigenvalue weighted by Gasteiger charge is -2.36. The molecule has 0 bridgehead atoms. The highest BCUT2D eigenvalue weighted by Gasteiger charge is 2.44. The van der Waals surface area contributed by atoms with Gasteiger partial charge in [-0.15, -0.1) is 0 Å². The minimum atomic E-state index is -5.30. The fourth-order valence-corrected chi connectivity index (χ4v) is 2.77. The number of nitrogens with one attached hydrogen (secondary N) is 1. The van der Waals surface area contributed by atoms with Crippen LogP contribution >= 0.6 is 0 Å². The molecule has 0 saturated carbocycles. The van der Waals surface area contributed by atoms with Gasteiger partial charge in [0.2, 0.25) is 5.88 Å². The van der Waals surface area contributed by atoms with Crippen molar-refractivity contribution >= 4 is 11.6 Å². The number of rotatable bonds is 4. The topological polar surface area (TPSA) is 48.7 Å². The third-order valence-corrected chi connectivity index (χ3v) is 4.24. The molecule has 1 aromatic carbocycles. The first kappa shape index (κ1) is 24.5. The van der Waals surface area contributed by atoms with Gasteiger partial charge in [0.05, 0.1) is 11.1 Å². The smallest absolute Gasteiger partial charge is 0.427 e. The summed E-state index contributed by atoms with van der Waals surface area (Å²) < 4.78 is 125. The molecule has 0 amide bonds. The van der Waals surface area contributed by atoms with Crippen molar-refractivity contribution in [3.8, 4) is 0 Å². The molecule has 1 aliphatic heterocycles. The molecule has 1 aliphatic rings. The Hall–Kier alpha value is -2.73. The number of ether oxygens (including phenoxy) is 1. The van der Waals surface area contributed by atoms with E-state index in [1.807, 2.05) is 0 Å². The molecule has 0 saturated heterocycles. The van der Waals surface area contributed by atoms with Crippen LogP contribution in [0.15, 0.2) is 35.2 Å². The van der Waals surface area contributed by atoms with Gasteiger partial charge >= 0.3 is 18.5 Å². The molecule has 0 fully saturated rings. The average Bonchev–Trinajstić information content (AvgIpc) is 2.64. The molecule has 4 nitrogen and oxygen atoms in total. The lowest BCUT2D eigenvalue weighted by Crippen LogP contribution is -2.37. The summed E-state index contributed by atoms with van der Waals surface area (Å²) in [7, 11) is 0. The van der Waals surface area contributed by atoms with Crippen molar-refractivity contribution in [1.82, 2.24) is 4.90 Å². The number of hydrogen-bond donors (Lipinski definition) is 1. The van der Waals surface area contributed by atoms with Crippen LogP contribution in [-0.4, -0.2) is 29.2 Å². The van der Waals surface area contributed by atoms with Crippen LogP contribution < -0.4 is 0 Å². The minimum Gasteiger partial charge on any atom is -0.427 e. The normalized spacial score (nSPS) is 17.9. The predicted octanol–water partition coefficient (Wildman–Crippen LogP) is 6.31. The Morgan fingerprint density at radius 1 is 1.00 bits per heavy atom. The van der Waals surface area contributed by atoms with Gasteiger partial charge in [0, 0.05) is 24.6 Å². The Labute approximate surface area is 170 Å². The fourth-order valence-electron chi connectivity index (χ4n) is 2.77. The molecule has 1 N–H and O–H groups in total. The van der Waals surface area contributed by atoms with E-state index in [4.69, 9.17) is 10.1 Å². The quantitative estimate of drug-likeness (QED) is 0.325. The van der Waals surface area contributed by atoms with Gasteiger partial charge in [0.15, 0.2) is 12.1 Å². The van der Waals surface area contributed by atoms with Crippen molar-refractivity contribution in [3.63, 3.8) is 0 Å². The zero-order valence-corrected chi connectivity index (χ0v) is 16.0. The van der Waals surface area contributed by atoms with Crippen molar-refractivity contribution in [3.05, 3.63) is 46.8 Å². The maximum absolute atomic E-state index is 13.6. The first-order valence-electron chi connectivity index (χ1n) is 8.76. The lowest BCUT2D eigenvalue weighted by molar-refractivity contribution is -0.143. The van der Waals surface area contributed by atoms with Crippen LogP contribution in [0.3, 0.4) is 0 Å². The van der Waals surface area contributed by atoms with Crippen molar-refractivity contribution in [2.24, 2.45) is 4.99 Å². The summed E-state index contributed by atoms with van der Waals surface area (Å²) in [5, 5.41) is 7.55. The van der Waals surface area contributed by atoms with Crippen LogP contribution in [0.4, 0.5) is 39.5 Å². The summed E-state index contributed by atoms with van der Waals surface area (Å²) in [6.45, 7) is 2.64. The number of alkyl halides is 9. The number of allylic oxidation sites excluding steroid dienone is 1. The van der Waals surface area contributed by atoms with Crippen LogP contribution in [0.1, 0.15) is 43.1 Å². The van der Waals surface area contributed by atoms with E-state index < -0.39 is 58.9 Å². The Bertz CT molecular complexity index is 898. The first-order chi connectivity index (χ1) is 14.1. The number of nitrogens with zero attached hydrogens (tertiary/aromatic N) is 2. The number of aliphatic imine (C=N–C) groups is 1.